The molecule has 0 aromatic heterocycles. The van der Waals surface area contributed by atoms with E-state index in [-0.39, 0.29) is 43.0 Å². The molecular weight excluding hydrogens is 1680 g/mol. The minimum absolute atomic E-state index is 0.0979. The lowest BCUT2D eigenvalue weighted by Crippen LogP contribution is -2.65. The minimum atomic E-state index is -2.43. The monoisotopic (exact) mass is 1770 g/mol. The number of carboxylic acids is 1. The minimum Gasteiger partial charge on any atom is -0.508 e. The first-order chi connectivity index (χ1) is 57.2. The first kappa shape index (κ1) is 90.6. The maximum atomic E-state index is 16.4. The number of hydrogen-bond acceptors (Lipinski definition) is 30. The van der Waals surface area contributed by atoms with Gasteiger partial charge in [-0.25, -0.2) is 4.79 Å². The van der Waals surface area contributed by atoms with Gasteiger partial charge in [-0.05, 0) is 134 Å². The fourth-order valence-corrected chi connectivity index (χ4v) is 16.1. The molecule has 11 bridgehead atoms. The van der Waals surface area contributed by atoms with E-state index in [1.807, 2.05) is 0 Å². The summed E-state index contributed by atoms with van der Waals surface area (Å²) in [5.74, 6) is -16.7. The van der Waals surface area contributed by atoms with Gasteiger partial charge < -0.3 is 153 Å². The van der Waals surface area contributed by atoms with Crippen LogP contribution in [0.1, 0.15) is 111 Å². The summed E-state index contributed by atoms with van der Waals surface area (Å²) in [6, 6.07) is 3.64. The van der Waals surface area contributed by atoms with Crippen molar-refractivity contribution in [3.63, 3.8) is 0 Å². The lowest BCUT2D eigenvalue weighted by atomic mass is 9.86. The van der Waals surface area contributed by atoms with E-state index in [0.29, 0.717) is 15.6 Å². The van der Waals surface area contributed by atoms with Crippen molar-refractivity contribution >= 4 is 93.7 Å². The Hall–Kier alpha value is -9.60. The Labute approximate surface area is 708 Å². The molecule has 8 heterocycles. The number of phenolic OH excluding ortho intramolecular Hbond substituents is 3. The number of hydrogen-bond donors (Lipinski definition) is 22. The Morgan fingerprint density at radius 1 is 0.645 bits per heavy atom. The number of carbonyl (C=O) groups is 8. The third-order valence-corrected chi connectivity index (χ3v) is 22.3. The van der Waals surface area contributed by atoms with Crippen LogP contribution in [0.15, 0.2) is 97.1 Å². The summed E-state index contributed by atoms with van der Waals surface area (Å²) in [5.41, 5.74) is 8.56. The zero-order valence-electron chi connectivity index (χ0n) is 64.8. The van der Waals surface area contributed by atoms with Crippen LogP contribution in [0.4, 0.5) is 0 Å². The van der Waals surface area contributed by atoms with E-state index in [2.05, 4.69) is 42.5 Å². The average molecular weight is 1770 g/mol. The van der Waals surface area contributed by atoms with Crippen molar-refractivity contribution in [2.24, 2.45) is 17.4 Å². The Balaban J connectivity index is 1.05. The summed E-state index contributed by atoms with van der Waals surface area (Å²) in [7, 11) is 1.46. The predicted molar refractivity (Wildman–Crippen MR) is 423 cm³/mol. The number of aromatic hydroxyl groups is 3. The largest absolute Gasteiger partial charge is 0.508 e. The highest BCUT2D eigenvalue weighted by Crippen LogP contribution is 2.50. The molecule has 0 spiro atoms. The van der Waals surface area contributed by atoms with Crippen LogP contribution in [0.2, 0.25) is 20.1 Å². The molecule has 24 N–H and O–H groups in total. The van der Waals surface area contributed by atoms with Gasteiger partial charge >= 0.3 is 5.97 Å². The second-order valence-electron chi connectivity index (χ2n) is 30.7. The van der Waals surface area contributed by atoms with Gasteiger partial charge in [0.15, 0.2) is 30.1 Å². The Morgan fingerprint density at radius 2 is 1.26 bits per heavy atom. The van der Waals surface area contributed by atoms with Crippen LogP contribution in [-0.2, 0) is 68.6 Å². The number of carbonyl (C=O) groups excluding carboxylic acids is 7. The van der Waals surface area contributed by atoms with E-state index in [1.165, 1.54) is 39.1 Å². The van der Waals surface area contributed by atoms with Gasteiger partial charge in [0.2, 0.25) is 53.4 Å². The van der Waals surface area contributed by atoms with Gasteiger partial charge in [0.05, 0.1) is 41.3 Å². The van der Waals surface area contributed by atoms with Crippen molar-refractivity contribution < 1.29 is 138 Å². The molecule has 0 saturated carbocycles. The highest BCUT2D eigenvalue weighted by Gasteiger charge is 2.53. The van der Waals surface area contributed by atoms with Crippen molar-refractivity contribution in [3.05, 3.63) is 151 Å². The number of fused-ring (bicyclic) bond motifs is 15. The topological polar surface area (TPSA) is 601 Å². The second-order valence-corrected chi connectivity index (χ2v) is 32.4. The molecule has 3 fully saturated rings. The van der Waals surface area contributed by atoms with Crippen molar-refractivity contribution in [1.82, 2.24) is 42.5 Å². The number of benzene rings is 6. The molecule has 7 amide bonds. The molecule has 14 rings (SSSR count). The summed E-state index contributed by atoms with van der Waals surface area (Å²) in [5, 5.41) is 159. The molecule has 121 heavy (non-hydrogen) atoms. The number of likely N-dealkylation sites (N-methyl/N-ethyl adjacent to an activating group) is 1. The zero-order valence-corrected chi connectivity index (χ0v) is 67.8. The smallest absolute Gasteiger partial charge is 0.330 e. The standard InChI is InChI=1S/C79H90Cl4N10O28/c1-28(2)12-42(86-5)70(106)92-58-60(99)32-7-10-46(40(82)16-32)115-48-18-34-19-49(67(48)120-78-65(104)63(102)68(51(27-94)118-78)121-77-64(103)62(101)61(100)50(117-77)26-87-25-30-13-35(80)20-36(81)14-30)116-47-11-8-33(17-41(47)83)66(119-53-24-79(4,85)69(105)29(3)114-53)59-75(111)91-57(76(112)113)39-21-37(95)22-45(97)54(39)38-15-31(6-9-44(38)96)55(72(108)93-59)90-73(109)56(34)89-71(107)43(23-52(84)98)88-74(58)110/h6-11,13-22,28-29,42-43,50-51,53,55-66,68-69,77-78,86-87,94-97,99-105H,12,23-27,85H2,1-5H3,(H2,84,98)(H,88,110)(H,89,107)(H,90,109)(H,91,111)(H,92,106)(H,93,108)(H,112,113)/t29-,42+,43+,50+,51+,53-,55+,56+,57+,58?,59-,60+,61-,62-,63+,64+,65+,66+,68+,69-,77-,78-,79-/m0/s1. The number of aliphatic hydroxyl groups excluding tert-OH is 8. The molecule has 8 aliphatic heterocycles. The van der Waals surface area contributed by atoms with E-state index >= 15 is 24.0 Å². The van der Waals surface area contributed by atoms with E-state index in [4.69, 9.17) is 95.8 Å². The van der Waals surface area contributed by atoms with Crippen molar-refractivity contribution in [2.45, 2.75) is 193 Å². The van der Waals surface area contributed by atoms with Gasteiger partial charge in [-0.3, -0.25) is 33.6 Å². The fourth-order valence-electron chi connectivity index (χ4n) is 15.1. The maximum Gasteiger partial charge on any atom is 0.330 e. The summed E-state index contributed by atoms with van der Waals surface area (Å²) in [6.45, 7) is 5.27. The lowest BCUT2D eigenvalue weighted by Gasteiger charge is -2.46. The van der Waals surface area contributed by atoms with Crippen molar-refractivity contribution in [2.75, 3.05) is 20.2 Å². The number of phenols is 3. The molecular formula is C79H90Cl4N10O28. The lowest BCUT2D eigenvalue weighted by molar-refractivity contribution is -0.350. The molecule has 6 aromatic carbocycles. The summed E-state index contributed by atoms with van der Waals surface area (Å²) in [6.07, 6.45) is -29.3. The maximum absolute atomic E-state index is 16.4. The van der Waals surface area contributed by atoms with Crippen LogP contribution in [-0.4, -0.2) is 238 Å². The number of amides is 7. The Kier molecular flexibility index (Phi) is 28.2. The fraction of sp³-hybridized carbons (Fsp3) is 0.443. The molecule has 1 unspecified atom stereocenters. The number of nitrogens with one attached hydrogen (secondary N) is 8. The van der Waals surface area contributed by atoms with Gasteiger partial charge in [-0.2, -0.15) is 0 Å². The molecule has 652 valence electrons. The van der Waals surface area contributed by atoms with E-state index in [1.54, 1.807) is 26.0 Å². The zero-order chi connectivity index (χ0) is 87.8. The van der Waals surface area contributed by atoms with Crippen LogP contribution in [0.5, 0.6) is 46.0 Å². The number of aliphatic carboxylic acids is 1. The number of ether oxygens (including phenoxy) is 8. The van der Waals surface area contributed by atoms with Gasteiger partial charge in [0.25, 0.3) is 0 Å². The molecule has 0 aliphatic carbocycles. The molecule has 8 aliphatic rings. The van der Waals surface area contributed by atoms with E-state index in [0.717, 1.165) is 66.7 Å². The van der Waals surface area contributed by atoms with E-state index in [9.17, 15) is 75.7 Å². The quantitative estimate of drug-likeness (QED) is 0.0538. The highest BCUT2D eigenvalue weighted by molar-refractivity contribution is 6.34. The Bertz CT molecular complexity index is 4920. The number of nitrogens with two attached hydrogens (primary N) is 2. The molecule has 23 atom stereocenters. The number of primary amides is 1. The second kappa shape index (κ2) is 37.6. The van der Waals surface area contributed by atoms with Gasteiger partial charge in [0.1, 0.15) is 120 Å². The molecule has 0 radical (unpaired) electrons. The third kappa shape index (κ3) is 20.0. The summed E-state index contributed by atoms with van der Waals surface area (Å²) >= 11 is 26.9. The number of halogens is 4. The molecule has 3 saturated heterocycles. The van der Waals surface area contributed by atoms with Gasteiger partial charge in [0, 0.05) is 57.9 Å². The van der Waals surface area contributed by atoms with Crippen LogP contribution in [0.25, 0.3) is 11.1 Å². The first-order valence-corrected chi connectivity index (χ1v) is 39.5. The van der Waals surface area contributed by atoms with Crippen LogP contribution >= 0.6 is 46.4 Å². The van der Waals surface area contributed by atoms with Gasteiger partial charge in [-0.15, -0.1) is 0 Å². The predicted octanol–water partition coefficient (Wildman–Crippen LogP) is 1.03. The van der Waals surface area contributed by atoms with Crippen molar-refractivity contribution in [1.29, 1.82) is 0 Å². The first-order valence-electron chi connectivity index (χ1n) is 38.0. The molecule has 38 nitrogen and oxygen atoms in total. The number of carboxylic acid groups (broad SMARTS) is 1. The molecule has 42 heteroatoms. The van der Waals surface area contributed by atoms with E-state index < -0.39 is 284 Å². The van der Waals surface area contributed by atoms with Crippen LogP contribution in [0, 0.1) is 5.92 Å². The van der Waals surface area contributed by atoms with Gasteiger partial charge in [-0.1, -0.05) is 78.5 Å². The Morgan fingerprint density at radius 3 is 1.88 bits per heavy atom. The van der Waals surface area contributed by atoms with Crippen LogP contribution < -0.4 is 68.2 Å². The average Bonchev–Trinajstić information content (AvgIpc) is 0.761. The highest BCUT2D eigenvalue weighted by atomic mass is 35.5. The van der Waals surface area contributed by atoms with Crippen LogP contribution in [0.3, 0.4) is 0 Å². The number of aliphatic hydroxyl groups is 8. The third-order valence-electron chi connectivity index (χ3n) is 21.3. The number of rotatable bonds is 19. The normalized spacial score (nSPS) is 30.4. The SMILES string of the molecule is CN[C@H](CC(C)C)C(=O)NC1C(=O)N[C@H](CC(N)=O)C(=O)N[C@H]2C(=O)N[C@H]3C(=O)N[C@H](C(=O)N[C@@H](C(=O)O)c4cc(O)cc(O)c4-c4cc3ccc4O)[C@H](O[C@H]3C[C@](C)(N)[C@@H](O)[C@H](C)O3)c3ccc(c(Cl)c3)Oc3cc2cc(c3O[C@@H]2O[C@H](CO)[C@@H](O[C@@H]3O[C@H](CNCc4cc(Cl)cc(Cl)c4)[C@H](O)[C@H](O)[C@H]3O)[C@H](O)[C@H]2O)Oc2ccc(cc2Cl)[C@H]1O. The summed E-state index contributed by atoms with van der Waals surface area (Å²) < 4.78 is 51.0. The van der Waals surface area contributed by atoms with Crippen molar-refractivity contribution in [3.8, 4) is 57.1 Å². The molecule has 6 aromatic rings. The summed E-state index contributed by atoms with van der Waals surface area (Å²) in [4.78, 5) is 120.